The molecule has 9 nitrogen and oxygen atoms in total. The molecule has 0 aliphatic carbocycles. The molecule has 0 saturated heterocycles. The number of anilines is 2. The van der Waals surface area contributed by atoms with Gasteiger partial charge in [0, 0.05) is 11.1 Å². The fourth-order valence-corrected chi connectivity index (χ4v) is 5.40. The summed E-state index contributed by atoms with van der Waals surface area (Å²) in [6.45, 7) is 5.70. The van der Waals surface area contributed by atoms with E-state index in [-0.39, 0.29) is 18.0 Å². The van der Waals surface area contributed by atoms with Crippen LogP contribution in [0.25, 0.3) is 0 Å². The van der Waals surface area contributed by atoms with Crippen LogP contribution >= 0.6 is 19.5 Å². The highest BCUT2D eigenvalue weighted by Crippen LogP contribution is 2.33. The summed E-state index contributed by atoms with van der Waals surface area (Å²) in [7, 11) is -3.60. The topological polar surface area (TPSA) is 123 Å². The standard InChI is InChI=1S/C26H29N4O5PS2/c1-17-28-23(16-37-17)22(14-19-9-11-20(12-10-19)30-38(32)33)29-26-27-15-24(34-26)21(25(31)35-36(2)3)13-18-7-5-4-6-8-18/h4-12,15-16,21-22,38H,13-14H2,1-3H3,(H,27,29)(H,30,32,33)/t21-,22-/m0/s1. The molecule has 38 heavy (non-hydrogen) atoms. The van der Waals surface area contributed by atoms with Crippen molar-refractivity contribution >= 4 is 48.0 Å². The van der Waals surface area contributed by atoms with Gasteiger partial charge in [0.15, 0.2) is 0 Å². The Morgan fingerprint density at radius 2 is 1.79 bits per heavy atom. The van der Waals surface area contributed by atoms with E-state index in [9.17, 15) is 13.2 Å². The number of aryl methyl sites for hydroxylation is 1. The highest BCUT2D eigenvalue weighted by molar-refractivity contribution is 7.73. The van der Waals surface area contributed by atoms with E-state index in [1.54, 1.807) is 29.7 Å². The van der Waals surface area contributed by atoms with Gasteiger partial charge < -0.3 is 14.3 Å². The predicted molar refractivity (Wildman–Crippen MR) is 152 cm³/mol. The monoisotopic (exact) mass is 572 g/mol. The Hall–Kier alpha value is -3.27. The summed E-state index contributed by atoms with van der Waals surface area (Å²) in [5.41, 5.74) is 3.29. The van der Waals surface area contributed by atoms with Crippen LogP contribution in [0.1, 0.15) is 39.5 Å². The number of rotatable bonds is 12. The molecule has 200 valence electrons. The number of nitrogens with one attached hydrogen (secondary N) is 2. The molecule has 0 radical (unpaired) electrons. The van der Waals surface area contributed by atoms with Crippen molar-refractivity contribution in [2.45, 2.75) is 31.7 Å². The van der Waals surface area contributed by atoms with Crippen LogP contribution in [0, 0.1) is 6.92 Å². The lowest BCUT2D eigenvalue weighted by Crippen LogP contribution is -2.16. The lowest BCUT2D eigenvalue weighted by Gasteiger charge is -2.17. The van der Waals surface area contributed by atoms with Crippen molar-refractivity contribution in [3.8, 4) is 0 Å². The van der Waals surface area contributed by atoms with Gasteiger partial charge in [-0.05, 0) is 56.4 Å². The number of nitrogens with zero attached hydrogens (tertiary/aromatic N) is 2. The minimum absolute atomic E-state index is 0.264. The first-order chi connectivity index (χ1) is 18.3. The third-order valence-corrected chi connectivity index (χ3v) is 7.39. The quantitative estimate of drug-likeness (QED) is 0.154. The highest BCUT2D eigenvalue weighted by Gasteiger charge is 2.28. The van der Waals surface area contributed by atoms with Crippen LogP contribution < -0.4 is 10.0 Å². The van der Waals surface area contributed by atoms with Crippen molar-refractivity contribution < 1.29 is 22.2 Å². The molecule has 2 aromatic heterocycles. The van der Waals surface area contributed by atoms with E-state index in [1.807, 2.05) is 68.1 Å². The van der Waals surface area contributed by atoms with Crippen molar-refractivity contribution in [2.24, 2.45) is 0 Å². The largest absolute Gasteiger partial charge is 0.445 e. The van der Waals surface area contributed by atoms with Gasteiger partial charge in [-0.1, -0.05) is 42.5 Å². The summed E-state index contributed by atoms with van der Waals surface area (Å²) in [6.07, 6.45) is 2.55. The Bertz CT molecular complexity index is 1410. The van der Waals surface area contributed by atoms with E-state index in [0.717, 1.165) is 21.8 Å². The van der Waals surface area contributed by atoms with Gasteiger partial charge in [-0.2, -0.15) is 0 Å². The van der Waals surface area contributed by atoms with Gasteiger partial charge in [0.25, 0.3) is 6.01 Å². The lowest BCUT2D eigenvalue weighted by atomic mass is 9.97. The summed E-state index contributed by atoms with van der Waals surface area (Å²) in [5, 5.41) is 6.24. The van der Waals surface area contributed by atoms with Crippen molar-refractivity contribution in [2.75, 3.05) is 23.4 Å². The Morgan fingerprint density at radius 3 is 2.42 bits per heavy atom. The van der Waals surface area contributed by atoms with Gasteiger partial charge in [-0.15, -0.1) is 11.3 Å². The van der Waals surface area contributed by atoms with E-state index in [4.69, 9.17) is 8.94 Å². The first-order valence-corrected chi connectivity index (χ1v) is 16.0. The smallest absolute Gasteiger partial charge is 0.319 e. The second-order valence-corrected chi connectivity index (χ2v) is 12.4. The minimum atomic E-state index is -2.72. The number of carbonyl (C=O) groups is 1. The van der Waals surface area contributed by atoms with Gasteiger partial charge in [-0.3, -0.25) is 9.52 Å². The fraction of sp³-hybridized carbons (Fsp3) is 0.269. The highest BCUT2D eigenvalue weighted by atomic mass is 32.2. The first kappa shape index (κ1) is 27.8. The number of oxazole rings is 1. The summed E-state index contributed by atoms with van der Waals surface area (Å²) >= 11 is 1.55. The Labute approximate surface area is 228 Å². The van der Waals surface area contributed by atoms with Crippen LogP contribution in [0.2, 0.25) is 0 Å². The Kier molecular flexibility index (Phi) is 9.49. The second kappa shape index (κ2) is 13.0. The molecular formula is C26H29N4O5PS2. The summed E-state index contributed by atoms with van der Waals surface area (Å²) < 4.78 is 35.9. The molecule has 4 rings (SSSR count). The molecule has 0 aliphatic heterocycles. The van der Waals surface area contributed by atoms with E-state index in [1.165, 1.54) is 0 Å². The molecule has 2 atom stereocenters. The molecule has 0 fully saturated rings. The molecule has 0 spiro atoms. The van der Waals surface area contributed by atoms with Crippen LogP contribution in [0.3, 0.4) is 0 Å². The number of carbonyl (C=O) groups excluding carboxylic acids is 1. The first-order valence-electron chi connectivity index (χ1n) is 11.8. The van der Waals surface area contributed by atoms with Crippen molar-refractivity contribution in [1.82, 2.24) is 9.97 Å². The van der Waals surface area contributed by atoms with Crippen LogP contribution in [0.15, 0.2) is 70.6 Å². The Balaban J connectivity index is 1.55. The van der Waals surface area contributed by atoms with Gasteiger partial charge in [0.1, 0.15) is 11.7 Å². The van der Waals surface area contributed by atoms with Gasteiger partial charge in [0.05, 0.1) is 31.1 Å². The minimum Gasteiger partial charge on any atom is -0.445 e. The van der Waals surface area contributed by atoms with E-state index in [0.29, 0.717) is 24.3 Å². The number of thiazole rings is 1. The number of benzene rings is 2. The molecular weight excluding hydrogens is 543 g/mol. The zero-order valence-electron chi connectivity index (χ0n) is 21.2. The van der Waals surface area contributed by atoms with E-state index < -0.39 is 25.0 Å². The normalized spacial score (nSPS) is 12.9. The summed E-state index contributed by atoms with van der Waals surface area (Å²) in [6, 6.07) is 16.9. The van der Waals surface area contributed by atoms with Gasteiger partial charge in [-0.25, -0.2) is 18.4 Å². The van der Waals surface area contributed by atoms with E-state index >= 15 is 0 Å². The average Bonchev–Trinajstić information content (AvgIpc) is 3.52. The SMILES string of the molecule is Cc1nc([C@H](Cc2ccc(N[SH](=O)=O)cc2)Nc2ncc([C@H](Cc3ccccc3)C(=O)OP(C)C)o2)cs1. The zero-order chi connectivity index (χ0) is 27.1. The fourth-order valence-electron chi connectivity index (χ4n) is 3.88. The van der Waals surface area contributed by atoms with Gasteiger partial charge >= 0.3 is 5.97 Å². The number of thiol groups is 1. The maximum Gasteiger partial charge on any atom is 0.319 e. The van der Waals surface area contributed by atoms with Crippen molar-refractivity contribution in [3.05, 3.63) is 93.8 Å². The predicted octanol–water partition coefficient (Wildman–Crippen LogP) is 5.30. The molecule has 0 bridgehead atoms. The van der Waals surface area contributed by atoms with Crippen LogP contribution in [-0.2, 0) is 33.1 Å². The maximum atomic E-state index is 13.0. The summed E-state index contributed by atoms with van der Waals surface area (Å²) in [5.74, 6) is -0.542. The van der Waals surface area contributed by atoms with Crippen LogP contribution in [0.5, 0.6) is 0 Å². The number of aromatic nitrogens is 2. The molecule has 0 aliphatic rings. The molecule has 0 saturated carbocycles. The number of hydrogen-bond donors (Lipinski definition) is 3. The van der Waals surface area contributed by atoms with Crippen molar-refractivity contribution in [1.29, 1.82) is 0 Å². The molecule has 4 aromatic rings. The summed E-state index contributed by atoms with van der Waals surface area (Å²) in [4.78, 5) is 22.0. The third-order valence-electron chi connectivity index (χ3n) is 5.61. The molecule has 0 amide bonds. The van der Waals surface area contributed by atoms with Gasteiger partial charge in [0.2, 0.25) is 10.9 Å². The van der Waals surface area contributed by atoms with Crippen LogP contribution in [-0.4, -0.2) is 37.7 Å². The third kappa shape index (κ3) is 7.86. The molecule has 2 heterocycles. The van der Waals surface area contributed by atoms with Crippen LogP contribution in [0.4, 0.5) is 11.7 Å². The molecule has 0 unspecified atom stereocenters. The molecule has 12 heteroatoms. The van der Waals surface area contributed by atoms with E-state index in [2.05, 4.69) is 20.0 Å². The number of hydrogen-bond acceptors (Lipinski definition) is 9. The average molecular weight is 573 g/mol. The zero-order valence-corrected chi connectivity index (χ0v) is 23.8. The maximum absolute atomic E-state index is 13.0. The van der Waals surface area contributed by atoms with Crippen molar-refractivity contribution in [3.63, 3.8) is 0 Å². The molecule has 2 aromatic carbocycles. The second-order valence-electron chi connectivity index (χ2n) is 8.79. The lowest BCUT2D eigenvalue weighted by molar-refractivity contribution is -0.135. The Morgan fingerprint density at radius 1 is 1.08 bits per heavy atom. The molecule has 2 N–H and O–H groups in total.